The lowest BCUT2D eigenvalue weighted by Gasteiger charge is -2.44. The molecule has 0 N–H and O–H groups in total. The molecule has 2 aromatic heterocycles. The van der Waals surface area contributed by atoms with Crippen LogP contribution >= 0.6 is 0 Å². The molecular formula is C20H28N6O2. The molecule has 1 amide bonds. The fourth-order valence-electron chi connectivity index (χ4n) is 4.42. The number of hydrogen-bond acceptors (Lipinski definition) is 6. The molecular weight excluding hydrogens is 356 g/mol. The van der Waals surface area contributed by atoms with Crippen molar-refractivity contribution in [3.63, 3.8) is 0 Å². The number of rotatable bonds is 3. The van der Waals surface area contributed by atoms with Gasteiger partial charge in [-0.1, -0.05) is 0 Å². The maximum Gasteiger partial charge on any atom is 0.224 e. The summed E-state index contributed by atoms with van der Waals surface area (Å²) in [5.41, 5.74) is 1.84. The van der Waals surface area contributed by atoms with Crippen molar-refractivity contribution in [1.82, 2.24) is 29.6 Å². The average Bonchev–Trinajstić information content (AvgIpc) is 3.01. The molecule has 28 heavy (non-hydrogen) atoms. The number of likely N-dealkylation sites (tertiary alicyclic amines) is 1. The van der Waals surface area contributed by atoms with E-state index in [9.17, 15) is 4.79 Å². The van der Waals surface area contributed by atoms with Gasteiger partial charge in [-0.3, -0.25) is 4.79 Å². The monoisotopic (exact) mass is 384 g/mol. The van der Waals surface area contributed by atoms with Crippen LogP contribution in [0.2, 0.25) is 0 Å². The van der Waals surface area contributed by atoms with Crippen LogP contribution in [0.3, 0.4) is 0 Å². The SMILES string of the molecule is Cc1ncc2c(n1)C1(CCN(C(=O)CC(C)n3nc(C)nc3C)CC1)OCC2. The minimum Gasteiger partial charge on any atom is -0.368 e. The third kappa shape index (κ3) is 3.41. The van der Waals surface area contributed by atoms with E-state index in [1.54, 1.807) is 0 Å². The van der Waals surface area contributed by atoms with E-state index in [1.807, 2.05) is 43.5 Å². The highest BCUT2D eigenvalue weighted by Gasteiger charge is 2.43. The van der Waals surface area contributed by atoms with Gasteiger partial charge in [0.25, 0.3) is 0 Å². The summed E-state index contributed by atoms with van der Waals surface area (Å²) in [5, 5.41) is 4.41. The zero-order valence-electron chi connectivity index (χ0n) is 17.1. The van der Waals surface area contributed by atoms with E-state index in [2.05, 4.69) is 15.1 Å². The lowest BCUT2D eigenvalue weighted by atomic mass is 9.83. The molecule has 0 bridgehead atoms. The Bertz CT molecular complexity index is 885. The standard InChI is InChI=1S/C20H28N6O2/c1-13(26-16(4)22-15(3)24-26)11-18(27)25-8-6-20(7-9-25)19-17(5-10-28-20)12-21-14(2)23-19/h12-13H,5-11H2,1-4H3. The van der Waals surface area contributed by atoms with E-state index < -0.39 is 0 Å². The highest BCUT2D eigenvalue weighted by molar-refractivity contribution is 5.76. The number of piperidine rings is 1. The summed E-state index contributed by atoms with van der Waals surface area (Å²) in [4.78, 5) is 28.2. The number of hydrogen-bond donors (Lipinski definition) is 0. The molecule has 8 heteroatoms. The molecule has 4 rings (SSSR count). The number of amides is 1. The van der Waals surface area contributed by atoms with Crippen molar-refractivity contribution in [2.75, 3.05) is 19.7 Å². The Hall–Kier alpha value is -2.35. The Balaban J connectivity index is 1.43. The van der Waals surface area contributed by atoms with Gasteiger partial charge in [0, 0.05) is 25.7 Å². The second kappa shape index (κ2) is 7.24. The van der Waals surface area contributed by atoms with Crippen molar-refractivity contribution in [3.05, 3.63) is 34.9 Å². The van der Waals surface area contributed by atoms with Crippen molar-refractivity contribution in [1.29, 1.82) is 0 Å². The van der Waals surface area contributed by atoms with Gasteiger partial charge in [0.2, 0.25) is 5.91 Å². The van der Waals surface area contributed by atoms with Gasteiger partial charge in [-0.2, -0.15) is 5.10 Å². The van der Waals surface area contributed by atoms with Crippen molar-refractivity contribution < 1.29 is 9.53 Å². The molecule has 8 nitrogen and oxygen atoms in total. The fourth-order valence-corrected chi connectivity index (χ4v) is 4.42. The van der Waals surface area contributed by atoms with Crippen molar-refractivity contribution in [2.24, 2.45) is 0 Å². The Labute approximate surface area is 165 Å². The Morgan fingerprint density at radius 1 is 1.21 bits per heavy atom. The second-order valence-corrected chi connectivity index (χ2v) is 7.97. The summed E-state index contributed by atoms with van der Waals surface area (Å²) >= 11 is 0. The third-order valence-electron chi connectivity index (χ3n) is 5.89. The first-order valence-corrected chi connectivity index (χ1v) is 10.0. The summed E-state index contributed by atoms with van der Waals surface area (Å²) in [7, 11) is 0. The fraction of sp³-hybridized carbons (Fsp3) is 0.650. The molecule has 1 unspecified atom stereocenters. The van der Waals surface area contributed by atoms with Crippen LogP contribution in [0.25, 0.3) is 0 Å². The van der Waals surface area contributed by atoms with E-state index >= 15 is 0 Å². The minimum atomic E-state index is -0.372. The number of carbonyl (C=O) groups is 1. The van der Waals surface area contributed by atoms with Gasteiger partial charge in [-0.25, -0.2) is 19.6 Å². The average molecular weight is 384 g/mol. The van der Waals surface area contributed by atoms with Crippen LogP contribution in [0.4, 0.5) is 0 Å². The van der Waals surface area contributed by atoms with Crippen LogP contribution in [-0.4, -0.2) is 55.2 Å². The Kier molecular flexibility index (Phi) is 4.91. The molecule has 1 spiro atoms. The molecule has 0 aliphatic carbocycles. The summed E-state index contributed by atoms with van der Waals surface area (Å²) in [5.74, 6) is 2.51. The highest BCUT2D eigenvalue weighted by atomic mass is 16.5. The van der Waals surface area contributed by atoms with E-state index in [0.717, 1.165) is 42.4 Å². The molecule has 1 fully saturated rings. The zero-order chi connectivity index (χ0) is 19.9. The number of nitrogens with zero attached hydrogens (tertiary/aromatic N) is 6. The topological polar surface area (TPSA) is 86.0 Å². The van der Waals surface area contributed by atoms with Gasteiger partial charge in [-0.05, 0) is 52.5 Å². The quantitative estimate of drug-likeness (QED) is 0.805. The Morgan fingerprint density at radius 2 is 1.96 bits per heavy atom. The third-order valence-corrected chi connectivity index (χ3v) is 5.89. The van der Waals surface area contributed by atoms with Crippen LogP contribution < -0.4 is 0 Å². The predicted molar refractivity (Wildman–Crippen MR) is 103 cm³/mol. The van der Waals surface area contributed by atoms with Crippen LogP contribution in [-0.2, 0) is 21.6 Å². The molecule has 2 aliphatic heterocycles. The molecule has 150 valence electrons. The van der Waals surface area contributed by atoms with Gasteiger partial charge in [0.15, 0.2) is 0 Å². The first-order valence-electron chi connectivity index (χ1n) is 10.0. The van der Waals surface area contributed by atoms with Crippen LogP contribution in [0.5, 0.6) is 0 Å². The molecule has 1 atom stereocenters. The number of carbonyl (C=O) groups excluding carboxylic acids is 1. The van der Waals surface area contributed by atoms with Gasteiger partial charge in [0.1, 0.15) is 23.1 Å². The Morgan fingerprint density at radius 3 is 2.64 bits per heavy atom. The number of ether oxygens (including phenoxy) is 1. The first kappa shape index (κ1) is 19.0. The predicted octanol–water partition coefficient (Wildman–Crippen LogP) is 2.04. The lowest BCUT2D eigenvalue weighted by Crippen LogP contribution is -2.49. The normalized spacial score (nSPS) is 19.5. The summed E-state index contributed by atoms with van der Waals surface area (Å²) in [6.45, 7) is 9.78. The number of aryl methyl sites for hydroxylation is 3. The van der Waals surface area contributed by atoms with Gasteiger partial charge < -0.3 is 9.64 Å². The van der Waals surface area contributed by atoms with Crippen molar-refractivity contribution >= 4 is 5.91 Å². The highest BCUT2D eigenvalue weighted by Crippen LogP contribution is 2.40. The van der Waals surface area contributed by atoms with E-state index in [-0.39, 0.29) is 17.6 Å². The van der Waals surface area contributed by atoms with Gasteiger partial charge >= 0.3 is 0 Å². The maximum absolute atomic E-state index is 12.9. The molecule has 0 saturated carbocycles. The lowest BCUT2D eigenvalue weighted by molar-refractivity contribution is -0.142. The minimum absolute atomic E-state index is 0.00775. The van der Waals surface area contributed by atoms with Gasteiger partial charge in [0.05, 0.1) is 18.3 Å². The van der Waals surface area contributed by atoms with E-state index in [4.69, 9.17) is 9.72 Å². The van der Waals surface area contributed by atoms with Crippen LogP contribution in [0.1, 0.15) is 61.0 Å². The van der Waals surface area contributed by atoms with Crippen molar-refractivity contribution in [3.8, 4) is 0 Å². The molecule has 1 saturated heterocycles. The smallest absolute Gasteiger partial charge is 0.224 e. The summed E-state index contributed by atoms with van der Waals surface area (Å²) in [6.07, 6.45) is 4.77. The number of aromatic nitrogens is 5. The summed E-state index contributed by atoms with van der Waals surface area (Å²) in [6, 6.07) is -0.00775. The molecule has 4 heterocycles. The second-order valence-electron chi connectivity index (χ2n) is 7.97. The molecule has 2 aromatic rings. The van der Waals surface area contributed by atoms with Crippen molar-refractivity contribution in [2.45, 2.75) is 65.0 Å². The largest absolute Gasteiger partial charge is 0.368 e. The van der Waals surface area contributed by atoms with Crippen LogP contribution in [0.15, 0.2) is 6.20 Å². The number of fused-ring (bicyclic) bond motifs is 2. The molecule has 0 radical (unpaired) electrons. The van der Waals surface area contributed by atoms with E-state index in [0.29, 0.717) is 26.1 Å². The first-order chi connectivity index (χ1) is 13.4. The zero-order valence-corrected chi connectivity index (χ0v) is 17.1. The summed E-state index contributed by atoms with van der Waals surface area (Å²) < 4.78 is 8.08. The van der Waals surface area contributed by atoms with Crippen LogP contribution in [0, 0.1) is 20.8 Å². The molecule has 2 aliphatic rings. The van der Waals surface area contributed by atoms with E-state index in [1.165, 1.54) is 5.56 Å². The van der Waals surface area contributed by atoms with Gasteiger partial charge in [-0.15, -0.1) is 0 Å². The molecule has 0 aromatic carbocycles. The maximum atomic E-state index is 12.9.